The molecule has 0 amide bonds. The molecule has 14 nitrogen and oxygen atoms in total. The number of carboxylic acid groups (broad SMARTS) is 1. The van der Waals surface area contributed by atoms with Gasteiger partial charge >= 0.3 is 0 Å². The van der Waals surface area contributed by atoms with Gasteiger partial charge in [-0.1, -0.05) is 77.0 Å². The molecule has 20 heteroatoms. The summed E-state index contributed by atoms with van der Waals surface area (Å²) in [6.45, 7) is 1.08. The third-order valence-corrected chi connectivity index (χ3v) is 28.2. The summed E-state index contributed by atoms with van der Waals surface area (Å²) in [7, 11) is -20.0. The highest BCUT2D eigenvalue weighted by Crippen LogP contribution is 2.37. The van der Waals surface area contributed by atoms with E-state index in [1.165, 1.54) is 0 Å². The second-order valence-corrected chi connectivity index (χ2v) is 27.7. The molecule has 298 valence electrons. The van der Waals surface area contributed by atoms with Crippen LogP contribution in [0.4, 0.5) is 0 Å². The molecule has 0 aromatic rings. The van der Waals surface area contributed by atoms with E-state index in [0.717, 1.165) is 76.3 Å². The lowest BCUT2D eigenvalue weighted by Gasteiger charge is -2.30. The number of rotatable bonds is 10. The summed E-state index contributed by atoms with van der Waals surface area (Å²) in [5.41, 5.74) is 0. The van der Waals surface area contributed by atoms with Gasteiger partial charge in [0.25, 0.3) is 9.88 Å². The molecule has 0 bridgehead atoms. The number of thioether (sulfide) groups is 1. The van der Waals surface area contributed by atoms with Crippen molar-refractivity contribution in [1.82, 2.24) is 0 Å². The highest BCUT2D eigenvalue weighted by atomic mass is 32.3. The van der Waals surface area contributed by atoms with Crippen LogP contribution in [0.1, 0.15) is 135 Å². The van der Waals surface area contributed by atoms with Gasteiger partial charge in [0.15, 0.2) is 49.2 Å². The normalized spacial score (nSPS) is 21.2. The van der Waals surface area contributed by atoms with Gasteiger partial charge in [-0.25, -0.2) is 42.1 Å². The number of carbonyl (C=O) groups is 1. The Kier molecular flexibility index (Phi) is 20.3. The third kappa shape index (κ3) is 13.4. The summed E-state index contributed by atoms with van der Waals surface area (Å²) in [5, 5.41) is 16.8. The summed E-state index contributed by atoms with van der Waals surface area (Å²) < 4.78 is 123. The Hall–Kier alpha value is -0.510. The van der Waals surface area contributed by atoms with Gasteiger partial charge < -0.3 is 5.11 Å². The minimum atomic E-state index is -4.26. The number of hydrogen-bond donors (Lipinski definition) is 3. The molecule has 0 spiro atoms. The third-order valence-electron chi connectivity index (χ3n) is 9.68. The van der Waals surface area contributed by atoms with Crippen LogP contribution in [0.25, 0.3) is 0 Å². The van der Waals surface area contributed by atoms with Crippen LogP contribution < -0.4 is 0 Å². The Balaban J connectivity index is 0.000000433. The van der Waals surface area contributed by atoms with Crippen molar-refractivity contribution in [3.05, 3.63) is 0 Å². The van der Waals surface area contributed by atoms with Crippen molar-refractivity contribution >= 4 is 66.9 Å². The minimum Gasteiger partial charge on any atom is -0.481 e. The molecule has 0 aliphatic heterocycles. The van der Waals surface area contributed by atoms with Crippen LogP contribution in [0.3, 0.4) is 0 Å². The topological polar surface area (TPSA) is 248 Å². The molecule has 4 aliphatic carbocycles. The van der Waals surface area contributed by atoms with Crippen molar-refractivity contribution < 1.29 is 62.5 Å². The van der Waals surface area contributed by atoms with Crippen molar-refractivity contribution in [2.24, 2.45) is 0 Å². The van der Waals surface area contributed by atoms with Crippen molar-refractivity contribution in [3.8, 4) is 0 Å². The number of carboxylic acids is 1. The molecule has 0 radical (unpaired) electrons. The van der Waals surface area contributed by atoms with Crippen LogP contribution in [0.15, 0.2) is 0 Å². The molecule has 4 rings (SSSR count). The first-order valence-electron chi connectivity index (χ1n) is 17.2. The lowest BCUT2D eigenvalue weighted by atomic mass is 10.0. The first kappa shape index (κ1) is 47.5. The van der Waals surface area contributed by atoms with Gasteiger partial charge in [-0.2, -0.15) is 0 Å². The smallest absolute Gasteiger partial charge is 0.300 e. The number of hydrogen-bond acceptors (Lipinski definition) is 14. The van der Waals surface area contributed by atoms with Crippen molar-refractivity contribution in [2.45, 2.75) is 164 Å². The maximum atomic E-state index is 12.9. The maximum absolute atomic E-state index is 12.9. The molecular weight excluding hydrogens is 777 g/mol. The van der Waals surface area contributed by atoms with Crippen LogP contribution in [0.2, 0.25) is 0 Å². The number of aliphatic carboxylic acids is 1. The lowest BCUT2D eigenvalue weighted by molar-refractivity contribution is -0.176. The summed E-state index contributed by atoms with van der Waals surface area (Å²) in [6.07, 6.45) is 16.6. The predicted molar refractivity (Wildman–Crippen MR) is 198 cm³/mol. The van der Waals surface area contributed by atoms with E-state index in [2.05, 4.69) is 0 Å². The lowest BCUT2D eigenvalue weighted by Crippen LogP contribution is -2.47. The largest absolute Gasteiger partial charge is 0.481 e. The fraction of sp³-hybridized carbons (Fsp3) is 0.967. The van der Waals surface area contributed by atoms with Gasteiger partial charge in [-0.05, 0) is 57.6 Å². The quantitative estimate of drug-likeness (QED) is 0.193. The van der Waals surface area contributed by atoms with Crippen LogP contribution in [-0.4, -0.2) is 105 Å². The minimum absolute atomic E-state index is 0.356. The van der Waals surface area contributed by atoms with Crippen molar-refractivity contribution in [1.29, 1.82) is 0 Å². The molecule has 0 unspecified atom stereocenters. The SMILES string of the molecule is CC(=O)O.CS(=O)(=O)C(S(=O)(=O)C1CCCCC1)S(=O)(=O)C1CCCCC1.CSC(S(=O)(=O)C1CCCCC1)S(=O)(=O)C1CCCCC1.OO. The van der Waals surface area contributed by atoms with Crippen molar-refractivity contribution in [3.63, 3.8) is 0 Å². The highest BCUT2D eigenvalue weighted by molar-refractivity contribution is 8.27. The van der Waals surface area contributed by atoms with Gasteiger partial charge in [-0.3, -0.25) is 15.3 Å². The summed E-state index contributed by atoms with van der Waals surface area (Å²) in [6, 6.07) is 0. The van der Waals surface area contributed by atoms with Crippen LogP contribution in [0, 0.1) is 0 Å². The maximum Gasteiger partial charge on any atom is 0.300 e. The molecule has 50 heavy (non-hydrogen) atoms. The van der Waals surface area contributed by atoms with E-state index in [1.807, 2.05) is 0 Å². The molecular formula is C30H58O14S6. The fourth-order valence-electron chi connectivity index (χ4n) is 7.33. The zero-order valence-corrected chi connectivity index (χ0v) is 34.3. The molecule has 0 aromatic carbocycles. The van der Waals surface area contributed by atoms with Gasteiger partial charge in [0, 0.05) is 13.2 Å². The molecule has 3 N–H and O–H groups in total. The molecule has 0 heterocycles. The Morgan fingerprint density at radius 3 is 0.880 bits per heavy atom. The monoisotopic (exact) mass is 834 g/mol. The van der Waals surface area contributed by atoms with E-state index in [-0.39, 0.29) is 0 Å². The average molecular weight is 835 g/mol. The Morgan fingerprint density at radius 2 is 0.700 bits per heavy atom. The van der Waals surface area contributed by atoms with Crippen molar-refractivity contribution in [2.75, 3.05) is 12.5 Å². The van der Waals surface area contributed by atoms with Crippen LogP contribution in [0.5, 0.6) is 0 Å². The summed E-state index contributed by atoms with van der Waals surface area (Å²) in [5.74, 6) is -0.833. The van der Waals surface area contributed by atoms with Crippen LogP contribution >= 0.6 is 11.8 Å². The Labute approximate surface area is 304 Å². The van der Waals surface area contributed by atoms with Gasteiger partial charge in [0.2, 0.25) is 3.91 Å². The van der Waals surface area contributed by atoms with E-state index in [0.29, 0.717) is 77.0 Å². The molecule has 4 saturated carbocycles. The average Bonchev–Trinajstić information content (AvgIpc) is 3.06. The standard InChI is InChI=1S/C14H26O6S3.C14H26O4S3.C2H4O2.H2O2/c1-21(15,16)14(22(17,18)12-8-4-2-5-9-12)23(19,20)13-10-6-3-7-11-13;1-19-14(20(15,16)12-8-4-2-5-9-12)21(17,18)13-10-6-3-7-11-13;1-2(3)4;1-2/h12-14H,2-11H2,1H3;12-14H,2-11H2,1H3;1H3,(H,3,4);1-2H. The Bertz CT molecular complexity index is 1470. The zero-order chi connectivity index (χ0) is 38.4. The number of sulfone groups is 5. The van der Waals surface area contributed by atoms with E-state index in [4.69, 9.17) is 20.4 Å². The van der Waals surface area contributed by atoms with E-state index in [9.17, 15) is 42.1 Å². The summed E-state index contributed by atoms with van der Waals surface area (Å²) >= 11 is 0.995. The fourth-order valence-corrected chi connectivity index (χ4v) is 25.4. The second-order valence-electron chi connectivity index (χ2n) is 13.6. The zero-order valence-electron chi connectivity index (χ0n) is 29.4. The molecule has 4 fully saturated rings. The van der Waals surface area contributed by atoms with Gasteiger partial charge in [-0.15, -0.1) is 11.8 Å². The van der Waals surface area contributed by atoms with E-state index < -0.39 is 84.0 Å². The molecule has 0 saturated heterocycles. The molecule has 4 aliphatic rings. The summed E-state index contributed by atoms with van der Waals surface area (Å²) in [4.78, 5) is 9.00. The van der Waals surface area contributed by atoms with Gasteiger partial charge in [0.05, 0.1) is 21.0 Å². The molecule has 0 atom stereocenters. The van der Waals surface area contributed by atoms with E-state index >= 15 is 0 Å². The second kappa shape index (κ2) is 21.4. The van der Waals surface area contributed by atoms with E-state index in [1.54, 1.807) is 6.26 Å². The first-order valence-corrected chi connectivity index (χ1v) is 26.9. The Morgan fingerprint density at radius 1 is 0.500 bits per heavy atom. The molecule has 0 aromatic heterocycles. The van der Waals surface area contributed by atoms with Gasteiger partial charge in [0.1, 0.15) is 0 Å². The first-order chi connectivity index (χ1) is 23.2. The predicted octanol–water partition coefficient (Wildman–Crippen LogP) is 5.05. The van der Waals surface area contributed by atoms with Crippen LogP contribution in [-0.2, 0) is 54.0 Å². The highest BCUT2D eigenvalue weighted by Gasteiger charge is 2.52.